The second-order valence-electron chi connectivity index (χ2n) is 7.36. The minimum absolute atomic E-state index is 0.0821. The summed E-state index contributed by atoms with van der Waals surface area (Å²) < 4.78 is 31.2. The van der Waals surface area contributed by atoms with Crippen molar-refractivity contribution in [2.45, 2.75) is 38.5 Å². The molecule has 0 aliphatic carbocycles. The summed E-state index contributed by atoms with van der Waals surface area (Å²) >= 11 is 0. The van der Waals surface area contributed by atoms with E-state index < -0.39 is 9.84 Å². The molecule has 3 aromatic rings. The molecule has 2 aromatic carbocycles. The van der Waals surface area contributed by atoms with Crippen LogP contribution in [0.2, 0.25) is 0 Å². The topological polar surface area (TPSA) is 89.3 Å². The molecule has 1 N–H and O–H groups in total. The molecule has 1 heterocycles. The van der Waals surface area contributed by atoms with Crippen molar-refractivity contribution in [1.82, 2.24) is 10.5 Å². The first-order chi connectivity index (χ1) is 14.3. The van der Waals surface area contributed by atoms with Crippen molar-refractivity contribution in [2.75, 3.05) is 12.3 Å². The predicted octanol–water partition coefficient (Wildman–Crippen LogP) is 3.79. The number of sulfone groups is 1. The van der Waals surface area contributed by atoms with Crippen LogP contribution in [-0.2, 0) is 21.1 Å². The third-order valence-electron chi connectivity index (χ3n) is 5.12. The van der Waals surface area contributed by atoms with E-state index in [0.717, 1.165) is 16.8 Å². The normalized spacial score (nSPS) is 11.4. The summed E-state index contributed by atoms with van der Waals surface area (Å²) in [5, 5.41) is 6.73. The van der Waals surface area contributed by atoms with Crippen molar-refractivity contribution in [3.8, 4) is 11.3 Å². The van der Waals surface area contributed by atoms with Crippen LogP contribution in [0, 0.1) is 20.8 Å². The van der Waals surface area contributed by atoms with Gasteiger partial charge in [0.25, 0.3) is 0 Å². The molecule has 0 radical (unpaired) electrons. The number of carbonyl (C=O) groups is 1. The average Bonchev–Trinajstić information content (AvgIpc) is 3.06. The van der Waals surface area contributed by atoms with Gasteiger partial charge in [0.1, 0.15) is 0 Å². The zero-order valence-electron chi connectivity index (χ0n) is 17.4. The molecule has 0 aliphatic rings. The minimum Gasteiger partial charge on any atom is -0.356 e. The van der Waals surface area contributed by atoms with Gasteiger partial charge in [-0.3, -0.25) is 4.79 Å². The maximum absolute atomic E-state index is 12.9. The zero-order chi connectivity index (χ0) is 21.7. The molecule has 3 rings (SSSR count). The van der Waals surface area contributed by atoms with Crippen LogP contribution < -0.4 is 5.32 Å². The summed E-state index contributed by atoms with van der Waals surface area (Å²) in [6.07, 6.45) is 0.623. The Kier molecular flexibility index (Phi) is 6.72. The van der Waals surface area contributed by atoms with E-state index in [1.54, 1.807) is 19.1 Å². The number of rotatable bonds is 8. The monoisotopic (exact) mass is 426 g/mol. The summed E-state index contributed by atoms with van der Waals surface area (Å²) in [6, 6.07) is 15.0. The Morgan fingerprint density at radius 3 is 2.47 bits per heavy atom. The van der Waals surface area contributed by atoms with Crippen LogP contribution in [0.5, 0.6) is 0 Å². The first kappa shape index (κ1) is 21.8. The van der Waals surface area contributed by atoms with E-state index in [4.69, 9.17) is 4.52 Å². The first-order valence-electron chi connectivity index (χ1n) is 9.85. The number of carbonyl (C=O) groups excluding carboxylic acids is 1. The molecule has 0 atom stereocenters. The Bertz CT molecular complexity index is 1140. The molecule has 0 fully saturated rings. The highest BCUT2D eigenvalue weighted by Crippen LogP contribution is 2.29. The third kappa shape index (κ3) is 5.16. The van der Waals surface area contributed by atoms with Crippen LogP contribution in [0.3, 0.4) is 0 Å². The predicted molar refractivity (Wildman–Crippen MR) is 116 cm³/mol. The lowest BCUT2D eigenvalue weighted by Crippen LogP contribution is -2.27. The molecule has 30 heavy (non-hydrogen) atoms. The van der Waals surface area contributed by atoms with Gasteiger partial charge in [-0.05, 0) is 44.4 Å². The fourth-order valence-corrected chi connectivity index (χ4v) is 4.72. The van der Waals surface area contributed by atoms with Gasteiger partial charge in [0.2, 0.25) is 5.91 Å². The Morgan fingerprint density at radius 1 is 1.07 bits per heavy atom. The van der Waals surface area contributed by atoms with E-state index in [2.05, 4.69) is 10.5 Å². The van der Waals surface area contributed by atoms with Gasteiger partial charge in [0.15, 0.2) is 15.6 Å². The van der Waals surface area contributed by atoms with Gasteiger partial charge < -0.3 is 9.84 Å². The molecule has 1 amide bonds. The summed E-state index contributed by atoms with van der Waals surface area (Å²) in [5.74, 6) is 0.0377. The number of amides is 1. The molecule has 0 aliphatic heterocycles. The Hall–Kier alpha value is -2.93. The summed E-state index contributed by atoms with van der Waals surface area (Å²) in [6.45, 7) is 5.94. The van der Waals surface area contributed by atoms with Gasteiger partial charge in [-0.1, -0.05) is 47.6 Å². The van der Waals surface area contributed by atoms with Crippen molar-refractivity contribution in [3.63, 3.8) is 0 Å². The Morgan fingerprint density at radius 2 is 1.80 bits per heavy atom. The zero-order valence-corrected chi connectivity index (χ0v) is 18.3. The summed E-state index contributed by atoms with van der Waals surface area (Å²) in [7, 11) is -3.62. The summed E-state index contributed by atoms with van der Waals surface area (Å²) in [5.41, 5.74) is 4.06. The van der Waals surface area contributed by atoms with Crippen molar-refractivity contribution < 1.29 is 17.7 Å². The number of hydrogen-bond acceptors (Lipinski definition) is 5. The number of aryl methyl sites for hydroxylation is 2. The molecule has 158 valence electrons. The number of benzene rings is 2. The van der Waals surface area contributed by atoms with Crippen LogP contribution in [0.1, 0.15) is 28.8 Å². The molecule has 1 aromatic heterocycles. The van der Waals surface area contributed by atoms with Crippen LogP contribution in [0.25, 0.3) is 11.3 Å². The largest absolute Gasteiger partial charge is 0.356 e. The van der Waals surface area contributed by atoms with E-state index in [1.165, 1.54) is 0 Å². The fourth-order valence-electron chi connectivity index (χ4n) is 3.18. The molecule has 0 saturated carbocycles. The van der Waals surface area contributed by atoms with Gasteiger partial charge in [0.05, 0.1) is 16.3 Å². The average molecular weight is 427 g/mol. The second-order valence-corrected chi connectivity index (χ2v) is 9.43. The van der Waals surface area contributed by atoms with Crippen LogP contribution in [0.4, 0.5) is 0 Å². The van der Waals surface area contributed by atoms with Crippen molar-refractivity contribution in [3.05, 3.63) is 70.9 Å². The lowest BCUT2D eigenvalue weighted by Gasteiger charge is -2.10. The molecular formula is C23H26N2O4S. The summed E-state index contributed by atoms with van der Waals surface area (Å²) in [4.78, 5) is 12.3. The maximum atomic E-state index is 12.9. The molecule has 6 nitrogen and oxygen atoms in total. The number of hydrogen-bond donors (Lipinski definition) is 1. The first-order valence-corrected chi connectivity index (χ1v) is 11.5. The Balaban J connectivity index is 1.64. The van der Waals surface area contributed by atoms with Crippen LogP contribution in [0.15, 0.2) is 57.9 Å². The van der Waals surface area contributed by atoms with Crippen molar-refractivity contribution >= 4 is 15.7 Å². The van der Waals surface area contributed by atoms with Crippen LogP contribution in [-0.4, -0.2) is 31.8 Å². The maximum Gasteiger partial charge on any atom is 0.221 e. The second kappa shape index (κ2) is 9.26. The molecular weight excluding hydrogens is 400 g/mol. The highest BCUT2D eigenvalue weighted by atomic mass is 32.2. The fraction of sp³-hybridized carbons (Fsp3) is 0.304. The van der Waals surface area contributed by atoms with Gasteiger partial charge in [-0.25, -0.2) is 8.42 Å². The van der Waals surface area contributed by atoms with E-state index in [0.29, 0.717) is 29.9 Å². The van der Waals surface area contributed by atoms with E-state index in [9.17, 15) is 13.2 Å². The highest BCUT2D eigenvalue weighted by molar-refractivity contribution is 7.91. The van der Waals surface area contributed by atoms with Crippen molar-refractivity contribution in [2.24, 2.45) is 0 Å². The third-order valence-corrected chi connectivity index (χ3v) is 6.97. The lowest BCUT2D eigenvalue weighted by molar-refractivity contribution is -0.120. The smallest absolute Gasteiger partial charge is 0.221 e. The minimum atomic E-state index is -3.62. The SMILES string of the molecule is Cc1ccc(-c2onc(C)c2C)cc1S(=O)(=O)CCC(=O)NCCc1ccccc1. The molecule has 7 heteroatoms. The quantitative estimate of drug-likeness (QED) is 0.592. The van der Waals surface area contributed by atoms with Crippen LogP contribution >= 0.6 is 0 Å². The van der Waals surface area contributed by atoms with Gasteiger partial charge in [-0.2, -0.15) is 0 Å². The molecule has 0 saturated heterocycles. The van der Waals surface area contributed by atoms with E-state index in [-0.39, 0.29) is 23.0 Å². The molecule has 0 spiro atoms. The number of nitrogens with zero attached hydrogens (tertiary/aromatic N) is 1. The van der Waals surface area contributed by atoms with Gasteiger partial charge in [0, 0.05) is 24.1 Å². The van der Waals surface area contributed by atoms with E-state index in [1.807, 2.05) is 50.2 Å². The standard InChI is InChI=1S/C23H26N2O4S/c1-16-9-10-20(23-17(2)18(3)25-29-23)15-21(16)30(27,28)14-12-22(26)24-13-11-19-7-5-4-6-8-19/h4-10,15H,11-14H2,1-3H3,(H,24,26). The highest BCUT2D eigenvalue weighted by Gasteiger charge is 2.21. The van der Waals surface area contributed by atoms with Gasteiger partial charge in [-0.15, -0.1) is 0 Å². The number of nitrogens with one attached hydrogen (secondary N) is 1. The van der Waals surface area contributed by atoms with E-state index >= 15 is 0 Å². The Labute approximate surface area is 177 Å². The lowest BCUT2D eigenvalue weighted by atomic mass is 10.1. The number of aromatic nitrogens is 1. The molecule has 0 unspecified atom stereocenters. The molecule has 0 bridgehead atoms. The van der Waals surface area contributed by atoms with Crippen molar-refractivity contribution in [1.29, 1.82) is 0 Å². The van der Waals surface area contributed by atoms with Gasteiger partial charge >= 0.3 is 0 Å².